The quantitative estimate of drug-likeness (QED) is 0.0281. The second kappa shape index (κ2) is 18.5. The fourth-order valence-corrected chi connectivity index (χ4v) is 12.8. The fraction of sp³-hybridized carbons (Fsp3) is 0.409. The lowest BCUT2D eigenvalue weighted by atomic mass is 9.79. The summed E-state index contributed by atoms with van der Waals surface area (Å²) in [5.41, 5.74) is -2.39. The summed E-state index contributed by atoms with van der Waals surface area (Å²) < 4.78 is 83.0. The van der Waals surface area contributed by atoms with E-state index in [1.807, 2.05) is 13.8 Å². The molecule has 3 aromatic carbocycles. The summed E-state index contributed by atoms with van der Waals surface area (Å²) in [4.78, 5) is 69.8. The van der Waals surface area contributed by atoms with E-state index >= 15 is 0 Å². The van der Waals surface area contributed by atoms with Crippen LogP contribution in [0, 0.1) is 0 Å². The summed E-state index contributed by atoms with van der Waals surface area (Å²) in [7, 11) is -10.6. The summed E-state index contributed by atoms with van der Waals surface area (Å²) in [6.45, 7) is 10.9. The van der Waals surface area contributed by atoms with Crippen LogP contribution in [-0.4, -0.2) is 89.1 Å². The van der Waals surface area contributed by atoms with Crippen LogP contribution in [0.15, 0.2) is 44.0 Å². The Hall–Kier alpha value is -4.74. The lowest BCUT2D eigenvalue weighted by Gasteiger charge is -2.40. The largest absolute Gasteiger partial charge is 0.478 e. The molecule has 2 unspecified atom stereocenters. The predicted molar refractivity (Wildman–Crippen MR) is 251 cm³/mol. The molecule has 0 aromatic heterocycles. The summed E-state index contributed by atoms with van der Waals surface area (Å²) in [6.07, 6.45) is 3.89. The lowest BCUT2D eigenvalue weighted by Crippen LogP contribution is -2.39. The van der Waals surface area contributed by atoms with Gasteiger partial charge in [0.2, 0.25) is 5.91 Å². The highest BCUT2D eigenvalue weighted by molar-refractivity contribution is 8.00. The van der Waals surface area contributed by atoms with Crippen molar-refractivity contribution in [3.63, 3.8) is 0 Å². The van der Waals surface area contributed by atoms with Gasteiger partial charge in [-0.05, 0) is 88.5 Å². The van der Waals surface area contributed by atoms with Crippen molar-refractivity contribution in [2.24, 2.45) is 4.99 Å². The minimum absolute atomic E-state index is 0.0577. The molecule has 18 nitrogen and oxygen atoms in total. The average Bonchev–Trinajstić information content (AvgIpc) is 3.51. The van der Waals surface area contributed by atoms with E-state index in [2.05, 4.69) is 15.6 Å². The molecule has 0 aliphatic carbocycles. The summed E-state index contributed by atoms with van der Waals surface area (Å²) >= 11 is 21.6. The van der Waals surface area contributed by atoms with Crippen LogP contribution in [0.2, 0.25) is 15.1 Å². The summed E-state index contributed by atoms with van der Waals surface area (Å²) in [5.74, 6) is -6.94. The Balaban J connectivity index is 1.36. The van der Waals surface area contributed by atoms with Crippen molar-refractivity contribution in [1.29, 1.82) is 0 Å². The minimum atomic E-state index is -5.31. The number of amides is 3. The van der Waals surface area contributed by atoms with Crippen molar-refractivity contribution in [3.8, 4) is 11.5 Å². The monoisotopic (exact) mass is 1050 g/mol. The SMILES string of the molecule is CC1CC(C)(C)Nc2c1cc1c(c2S(=O)(=O)O)Oc2c(S(=O)(=O)O)c3c(cc2=C1c1c(Cl)c(SCC(=O)NCCCCCC(=O)ON2C(=O)C=CC2=O)c(Cl)c(Cl)c1C(=O)O)C(C)CC(C)(C)N=3. The normalized spacial score (nSPS) is 18.9. The van der Waals surface area contributed by atoms with Gasteiger partial charge in [-0.3, -0.25) is 28.5 Å². The van der Waals surface area contributed by atoms with Crippen LogP contribution in [0.5, 0.6) is 11.5 Å². The molecule has 2 atom stereocenters. The first kappa shape index (κ1) is 51.1. The first-order valence-corrected chi connectivity index (χ1v) is 26.1. The zero-order valence-electron chi connectivity index (χ0n) is 37.2. The molecule has 3 amide bonds. The molecule has 4 aliphatic rings. The van der Waals surface area contributed by atoms with Crippen molar-refractivity contribution in [3.05, 3.63) is 77.7 Å². The van der Waals surface area contributed by atoms with Gasteiger partial charge in [0.05, 0.1) is 43.0 Å². The first-order chi connectivity index (χ1) is 31.5. The van der Waals surface area contributed by atoms with Gasteiger partial charge in [0.15, 0.2) is 21.3 Å². The van der Waals surface area contributed by atoms with Gasteiger partial charge >= 0.3 is 11.9 Å². The number of anilines is 1. The Morgan fingerprint density at radius 1 is 0.897 bits per heavy atom. The third kappa shape index (κ3) is 9.85. The number of ether oxygens (including phenoxy) is 1. The number of imide groups is 1. The predicted octanol–water partition coefficient (Wildman–Crippen LogP) is 6.95. The van der Waals surface area contributed by atoms with Gasteiger partial charge in [-0.25, -0.2) is 9.59 Å². The third-order valence-electron chi connectivity index (χ3n) is 11.8. The van der Waals surface area contributed by atoms with Crippen LogP contribution in [-0.2, 0) is 44.3 Å². The molecule has 4 aliphatic heterocycles. The molecule has 0 fully saturated rings. The first-order valence-electron chi connectivity index (χ1n) is 21.1. The molecule has 0 spiro atoms. The van der Waals surface area contributed by atoms with Gasteiger partial charge in [0.25, 0.3) is 32.1 Å². The number of carboxylic acid groups (broad SMARTS) is 1. The number of carbonyl (C=O) groups is 5. The number of nitrogens with zero attached hydrogens (tertiary/aromatic N) is 2. The molecule has 0 saturated heterocycles. The van der Waals surface area contributed by atoms with E-state index in [0.29, 0.717) is 48.3 Å². The Bertz CT molecular complexity index is 3140. The number of hydrogen-bond donors (Lipinski definition) is 5. The highest BCUT2D eigenvalue weighted by atomic mass is 35.5. The van der Waals surface area contributed by atoms with Crippen molar-refractivity contribution < 1.29 is 64.6 Å². The van der Waals surface area contributed by atoms with Crippen molar-refractivity contribution >= 4 is 108 Å². The molecule has 4 heterocycles. The Morgan fingerprint density at radius 2 is 1.53 bits per heavy atom. The van der Waals surface area contributed by atoms with Gasteiger partial charge < -0.3 is 25.3 Å². The van der Waals surface area contributed by atoms with Gasteiger partial charge in [-0.2, -0.15) is 16.8 Å². The summed E-state index contributed by atoms with van der Waals surface area (Å²) in [6, 6.07) is 3.05. The molecule has 364 valence electrons. The van der Waals surface area contributed by atoms with Crippen molar-refractivity contribution in [2.75, 3.05) is 17.6 Å². The molecule has 68 heavy (non-hydrogen) atoms. The van der Waals surface area contributed by atoms with Gasteiger partial charge in [0, 0.05) is 57.5 Å². The summed E-state index contributed by atoms with van der Waals surface area (Å²) in [5, 5.41) is 15.5. The van der Waals surface area contributed by atoms with Crippen molar-refractivity contribution in [2.45, 2.75) is 118 Å². The Labute approximate surface area is 409 Å². The Kier molecular flexibility index (Phi) is 13.9. The highest BCUT2D eigenvalue weighted by Gasteiger charge is 2.43. The minimum Gasteiger partial charge on any atom is -0.478 e. The number of carboxylic acids is 1. The number of carbonyl (C=O) groups excluding carboxylic acids is 4. The lowest BCUT2D eigenvalue weighted by molar-refractivity contribution is -0.196. The molecule has 0 radical (unpaired) electrons. The number of halogens is 3. The number of nitrogens with one attached hydrogen (secondary N) is 2. The second-order valence-electron chi connectivity index (χ2n) is 18.2. The van der Waals surface area contributed by atoms with Crippen LogP contribution in [0.1, 0.15) is 125 Å². The number of benzene rings is 3. The number of rotatable bonds is 14. The van der Waals surface area contributed by atoms with E-state index in [0.717, 1.165) is 23.9 Å². The molecule has 0 saturated carbocycles. The van der Waals surface area contributed by atoms with E-state index in [9.17, 15) is 55.0 Å². The van der Waals surface area contributed by atoms with Crippen LogP contribution in [0.25, 0.3) is 5.57 Å². The zero-order valence-corrected chi connectivity index (χ0v) is 41.9. The van der Waals surface area contributed by atoms with E-state index in [4.69, 9.17) is 44.4 Å². The van der Waals surface area contributed by atoms with Gasteiger partial charge in [-0.15, -0.1) is 11.8 Å². The van der Waals surface area contributed by atoms with E-state index in [-0.39, 0.29) is 66.6 Å². The standard InChI is InChI=1S/C44H45Cl3N4O14S3/c1-19-16-43(3,4)49-35-21(19)14-23-29(24-15-22-20(2)17-44(5,6)50-36(22)41(68(61,62)63)38(24)64-37(23)40(35)67(58,59)60)30-31(42(56)57)32(45)34(47)39(33(30)46)66-18-25(52)48-13-9-7-8-10-28(55)65-51-26(53)11-12-27(51)54/h11-12,14-15,19-20,49H,7-10,13,16-18H2,1-6H3,(H,48,52)(H,56,57)(H,58,59,60)(H,61,62,63). The maximum absolute atomic E-state index is 13.7. The zero-order chi connectivity index (χ0) is 50.2. The number of hydroxylamine groups is 2. The maximum Gasteiger partial charge on any atom is 0.337 e. The van der Waals surface area contributed by atoms with Crippen molar-refractivity contribution in [1.82, 2.24) is 10.4 Å². The van der Waals surface area contributed by atoms with Crippen LogP contribution < -0.4 is 25.9 Å². The van der Waals surface area contributed by atoms with E-state index in [1.54, 1.807) is 27.7 Å². The average molecular weight is 1060 g/mol. The highest BCUT2D eigenvalue weighted by Crippen LogP contribution is 2.54. The van der Waals surface area contributed by atoms with Crippen LogP contribution in [0.3, 0.4) is 0 Å². The number of aromatic carboxylic acids is 1. The molecule has 5 N–H and O–H groups in total. The molecular formula is C44H45Cl3N4O14S3. The van der Waals surface area contributed by atoms with Crippen LogP contribution >= 0.6 is 46.6 Å². The number of unbranched alkanes of at least 4 members (excludes halogenated alkanes) is 2. The molecule has 24 heteroatoms. The van der Waals surface area contributed by atoms with E-state index < -0.39 is 105 Å². The van der Waals surface area contributed by atoms with Gasteiger partial charge in [0.1, 0.15) is 0 Å². The van der Waals surface area contributed by atoms with E-state index in [1.165, 1.54) is 12.1 Å². The maximum atomic E-state index is 13.7. The molecule has 7 rings (SSSR count). The number of fused-ring (bicyclic) bond motifs is 4. The van der Waals surface area contributed by atoms with Gasteiger partial charge in [-0.1, -0.05) is 60.1 Å². The fourth-order valence-electron chi connectivity index (χ4n) is 9.18. The number of thioether (sulfide) groups is 1. The third-order valence-corrected chi connectivity index (χ3v) is 16.1. The topological polar surface area (TPSA) is 272 Å². The molecular weight excluding hydrogens is 1010 g/mol. The smallest absolute Gasteiger partial charge is 0.337 e. The molecule has 3 aromatic rings. The Morgan fingerprint density at radius 3 is 2.15 bits per heavy atom. The second-order valence-corrected chi connectivity index (χ2v) is 23.0. The number of hydrogen-bond acceptors (Lipinski definition) is 14. The molecule has 0 bridgehead atoms. The van der Waals surface area contributed by atoms with Crippen LogP contribution in [0.4, 0.5) is 5.69 Å².